The van der Waals surface area contributed by atoms with Gasteiger partial charge >= 0.3 is 0 Å². The van der Waals surface area contributed by atoms with Crippen LogP contribution in [0, 0.1) is 17.5 Å². The molecule has 5 heterocycles. The maximum Gasteiger partial charge on any atom is 0.274 e. The summed E-state index contributed by atoms with van der Waals surface area (Å²) in [7, 11) is 0. The average molecular weight is 557 g/mol. The predicted molar refractivity (Wildman–Crippen MR) is 132 cm³/mol. The number of rotatable bonds is 3. The number of fused-ring (bicyclic) bond motifs is 5. The molecule has 14 heteroatoms. The second-order valence-corrected chi connectivity index (χ2v) is 10.2. The lowest BCUT2D eigenvalue weighted by atomic mass is 9.85. The van der Waals surface area contributed by atoms with Crippen LogP contribution in [0.5, 0.6) is 5.75 Å². The molecule has 0 unspecified atom stereocenters. The first-order chi connectivity index (χ1) is 19.1. The van der Waals surface area contributed by atoms with Crippen LogP contribution < -0.4 is 10.7 Å². The minimum Gasteiger partial charge on any atom is -0.503 e. The van der Waals surface area contributed by atoms with Crippen LogP contribution in [0.3, 0.4) is 0 Å². The van der Waals surface area contributed by atoms with Crippen LogP contribution in [-0.4, -0.2) is 60.2 Å². The number of hydrogen-bond donors (Lipinski definition) is 2. The summed E-state index contributed by atoms with van der Waals surface area (Å²) in [5.41, 5.74) is -3.57. The minimum absolute atomic E-state index is 0.157. The number of benzene rings is 1. The second-order valence-electron chi connectivity index (χ2n) is 10.2. The van der Waals surface area contributed by atoms with E-state index < -0.39 is 69.8 Å². The highest BCUT2D eigenvalue weighted by Gasteiger charge is 2.54. The molecule has 2 N–H and O–H groups in total. The van der Waals surface area contributed by atoms with Crippen molar-refractivity contribution in [2.24, 2.45) is 5.16 Å². The van der Waals surface area contributed by atoms with E-state index in [4.69, 9.17) is 4.84 Å². The zero-order chi connectivity index (χ0) is 28.3. The van der Waals surface area contributed by atoms with E-state index in [0.717, 1.165) is 6.20 Å². The van der Waals surface area contributed by atoms with Gasteiger partial charge in [-0.25, -0.2) is 17.9 Å². The maximum absolute atomic E-state index is 14.1. The molecule has 11 nitrogen and oxygen atoms in total. The number of aromatic hydroxyl groups is 1. The fraction of sp³-hybridized carbons (Fsp3) is 0.346. The smallest absolute Gasteiger partial charge is 0.274 e. The molecule has 0 aliphatic carbocycles. The zero-order valence-corrected chi connectivity index (χ0v) is 21.1. The number of pyridine rings is 1. The molecule has 3 aliphatic heterocycles. The van der Waals surface area contributed by atoms with Gasteiger partial charge in [-0.1, -0.05) is 5.16 Å². The quantitative estimate of drug-likeness (QED) is 0.509. The highest BCUT2D eigenvalue weighted by Crippen LogP contribution is 2.46. The lowest BCUT2D eigenvalue weighted by molar-refractivity contribution is -0.0655. The lowest BCUT2D eigenvalue weighted by Crippen LogP contribution is -2.52. The molecular weight excluding hydrogens is 533 g/mol. The zero-order valence-electron chi connectivity index (χ0n) is 21.1. The van der Waals surface area contributed by atoms with E-state index in [1.807, 2.05) is 6.92 Å². The normalized spacial score (nSPS) is 23.4. The van der Waals surface area contributed by atoms with E-state index in [-0.39, 0.29) is 18.3 Å². The van der Waals surface area contributed by atoms with Crippen molar-refractivity contribution < 1.29 is 32.7 Å². The molecule has 1 fully saturated rings. The van der Waals surface area contributed by atoms with Crippen molar-refractivity contribution in [3.05, 3.63) is 81.3 Å². The molecule has 1 aromatic carbocycles. The van der Waals surface area contributed by atoms with Crippen LogP contribution in [0.1, 0.15) is 58.6 Å². The van der Waals surface area contributed by atoms with Gasteiger partial charge in [0.05, 0.1) is 12.5 Å². The molecule has 3 aliphatic rings. The van der Waals surface area contributed by atoms with E-state index >= 15 is 0 Å². The number of nitrogens with one attached hydrogen (secondary N) is 1. The summed E-state index contributed by atoms with van der Waals surface area (Å²) in [5, 5.41) is 21.6. The van der Waals surface area contributed by atoms with E-state index in [1.54, 1.807) is 28.0 Å². The van der Waals surface area contributed by atoms with Gasteiger partial charge in [0, 0.05) is 55.4 Å². The van der Waals surface area contributed by atoms with Crippen molar-refractivity contribution in [2.75, 3.05) is 6.54 Å². The molecular formula is C26H23F3N6O5. The van der Waals surface area contributed by atoms with Crippen LogP contribution in [0.4, 0.5) is 13.2 Å². The monoisotopic (exact) mass is 556 g/mol. The third-order valence-electron chi connectivity index (χ3n) is 7.84. The van der Waals surface area contributed by atoms with Gasteiger partial charge in [0.2, 0.25) is 5.43 Å². The number of oxime groups is 1. The molecule has 6 rings (SSSR count). The third-order valence-corrected chi connectivity index (χ3v) is 7.84. The second kappa shape index (κ2) is 9.24. The first-order valence-electron chi connectivity index (χ1n) is 12.6. The number of aromatic nitrogens is 3. The van der Waals surface area contributed by atoms with Crippen LogP contribution >= 0.6 is 0 Å². The molecule has 1 saturated heterocycles. The van der Waals surface area contributed by atoms with Crippen LogP contribution in [0.15, 0.2) is 46.7 Å². The van der Waals surface area contributed by atoms with Crippen molar-refractivity contribution in [3.63, 3.8) is 0 Å². The molecule has 1 spiro atoms. The van der Waals surface area contributed by atoms with Crippen molar-refractivity contribution in [3.8, 4) is 5.75 Å². The standard InChI is InChI=1S/C26H23F3N6O5/c1-13-3-4-26(9-20(32-40-26)35-6-2-5-31-35)19-12-33(13)25(39)21-23(37)22(36)16(11-34(19)21)24(38)30-10-15-17(28)7-14(27)8-18(15)29/h2,5-8,11,13,19,37H,3-4,9-10,12H2,1H3,(H,30,38)/t13-,19+,26-/m0/s1. The summed E-state index contributed by atoms with van der Waals surface area (Å²) in [6.45, 7) is 1.32. The molecule has 0 radical (unpaired) electrons. The minimum atomic E-state index is -1.21. The summed E-state index contributed by atoms with van der Waals surface area (Å²) in [6.07, 6.45) is 5.76. The van der Waals surface area contributed by atoms with Gasteiger partial charge in [-0.05, 0) is 25.8 Å². The van der Waals surface area contributed by atoms with Crippen LogP contribution in [0.25, 0.3) is 0 Å². The average Bonchev–Trinajstić information content (AvgIpc) is 3.57. The van der Waals surface area contributed by atoms with Crippen LogP contribution in [0.2, 0.25) is 0 Å². The van der Waals surface area contributed by atoms with Gasteiger partial charge < -0.3 is 24.7 Å². The molecule has 2 bridgehead atoms. The van der Waals surface area contributed by atoms with Crippen LogP contribution in [-0.2, 0) is 11.4 Å². The summed E-state index contributed by atoms with van der Waals surface area (Å²) in [5.74, 6) is -5.58. The first kappa shape index (κ1) is 25.6. The number of halogens is 3. The van der Waals surface area contributed by atoms with Crippen molar-refractivity contribution in [1.82, 2.24) is 24.6 Å². The largest absolute Gasteiger partial charge is 0.503 e. The summed E-state index contributed by atoms with van der Waals surface area (Å²) >= 11 is 0. The Labute approximate surface area is 224 Å². The molecule has 208 valence electrons. The Morgan fingerprint density at radius 3 is 2.70 bits per heavy atom. The Balaban J connectivity index is 1.39. The molecule has 3 atom stereocenters. The Hall–Kier alpha value is -4.62. The first-order valence-corrected chi connectivity index (χ1v) is 12.6. The van der Waals surface area contributed by atoms with Crippen molar-refractivity contribution >= 4 is 17.6 Å². The SMILES string of the molecule is C[C@H]1CC[C@]2(CC(n3cccn3)=NO2)[C@H]2CN1C(=O)c1c(O)c(=O)c(C(=O)NCc3c(F)cc(F)cc3F)cn12. The molecule has 0 saturated carbocycles. The van der Waals surface area contributed by atoms with E-state index in [1.165, 1.54) is 4.57 Å². The Morgan fingerprint density at radius 1 is 1.25 bits per heavy atom. The van der Waals surface area contributed by atoms with Gasteiger partial charge in [-0.15, -0.1) is 0 Å². The van der Waals surface area contributed by atoms with Gasteiger partial charge in [0.1, 0.15) is 23.0 Å². The van der Waals surface area contributed by atoms with Crippen molar-refractivity contribution in [2.45, 2.75) is 50.4 Å². The van der Waals surface area contributed by atoms with Crippen molar-refractivity contribution in [1.29, 1.82) is 0 Å². The Morgan fingerprint density at radius 2 is 2.00 bits per heavy atom. The Kier molecular flexibility index (Phi) is 5.93. The maximum atomic E-state index is 14.1. The highest BCUT2D eigenvalue weighted by atomic mass is 19.1. The fourth-order valence-electron chi connectivity index (χ4n) is 5.65. The predicted octanol–water partition coefficient (Wildman–Crippen LogP) is 2.30. The summed E-state index contributed by atoms with van der Waals surface area (Å²) in [6, 6.07) is 1.77. The Bertz CT molecular complexity index is 1620. The van der Waals surface area contributed by atoms with E-state index in [0.29, 0.717) is 37.2 Å². The number of carbonyl (C=O) groups is 2. The molecule has 2 aromatic heterocycles. The molecule has 40 heavy (non-hydrogen) atoms. The number of amides is 2. The van der Waals surface area contributed by atoms with E-state index in [2.05, 4.69) is 15.6 Å². The molecule has 2 amide bonds. The lowest BCUT2D eigenvalue weighted by Gasteiger charge is -2.41. The highest BCUT2D eigenvalue weighted by molar-refractivity contribution is 5.99. The molecule has 3 aromatic rings. The third kappa shape index (κ3) is 3.93. The number of carbonyl (C=O) groups excluding carboxylic acids is 2. The topological polar surface area (TPSA) is 131 Å². The van der Waals surface area contributed by atoms with Gasteiger partial charge in [0.15, 0.2) is 22.9 Å². The van der Waals surface area contributed by atoms with Gasteiger partial charge in [-0.2, -0.15) is 5.10 Å². The summed E-state index contributed by atoms with van der Waals surface area (Å²) in [4.78, 5) is 47.1. The van der Waals surface area contributed by atoms with Gasteiger partial charge in [-0.3, -0.25) is 14.4 Å². The van der Waals surface area contributed by atoms with E-state index in [9.17, 15) is 32.7 Å². The number of nitrogens with zero attached hydrogens (tertiary/aromatic N) is 5. The van der Waals surface area contributed by atoms with Gasteiger partial charge in [0.25, 0.3) is 11.8 Å². The number of hydrogen-bond acceptors (Lipinski definition) is 7. The fourth-order valence-corrected chi connectivity index (χ4v) is 5.65. The summed E-state index contributed by atoms with van der Waals surface area (Å²) < 4.78 is 44.3.